The fourth-order valence-electron chi connectivity index (χ4n) is 4.63. The quantitative estimate of drug-likeness (QED) is 0.323. The summed E-state index contributed by atoms with van der Waals surface area (Å²) < 4.78 is 24.1. The van der Waals surface area contributed by atoms with Gasteiger partial charge in [0.15, 0.2) is 18.1 Å². The van der Waals surface area contributed by atoms with Crippen LogP contribution in [0.15, 0.2) is 42.5 Å². The molecule has 10 nitrogen and oxygen atoms in total. The smallest absolute Gasteiger partial charge is 0.258 e. The van der Waals surface area contributed by atoms with E-state index in [1.807, 2.05) is 61.0 Å². The Morgan fingerprint density at radius 1 is 1.00 bits per heavy atom. The zero-order chi connectivity index (χ0) is 27.6. The number of aryl methyl sites for hydroxylation is 1. The molecule has 4 rings (SSSR count). The van der Waals surface area contributed by atoms with E-state index >= 15 is 0 Å². The van der Waals surface area contributed by atoms with Crippen molar-refractivity contribution in [2.45, 2.75) is 13.3 Å². The molecule has 1 saturated heterocycles. The molecule has 10 heteroatoms. The topological polar surface area (TPSA) is 103 Å². The van der Waals surface area contributed by atoms with Gasteiger partial charge in [-0.05, 0) is 50.2 Å². The van der Waals surface area contributed by atoms with Crippen molar-refractivity contribution >= 4 is 22.7 Å². The van der Waals surface area contributed by atoms with Gasteiger partial charge in [-0.3, -0.25) is 14.5 Å². The molecule has 0 saturated carbocycles. The lowest BCUT2D eigenvalue weighted by Gasteiger charge is -2.26. The normalized spacial score (nSPS) is 13.7. The Hall–Kier alpha value is -3.76. The highest BCUT2D eigenvalue weighted by atomic mass is 16.5. The molecule has 1 aromatic heterocycles. The van der Waals surface area contributed by atoms with Gasteiger partial charge in [-0.1, -0.05) is 12.1 Å². The summed E-state index contributed by atoms with van der Waals surface area (Å²) in [5.41, 5.74) is 2.43. The van der Waals surface area contributed by atoms with Crippen LogP contribution in [0.1, 0.15) is 22.5 Å². The number of methoxy groups -OCH3 is 1. The number of rotatable bonds is 13. The number of para-hydroxylation sites is 2. The Morgan fingerprint density at radius 3 is 2.54 bits per heavy atom. The Bertz CT molecular complexity index is 1270. The van der Waals surface area contributed by atoms with E-state index in [0.717, 1.165) is 55.9 Å². The lowest BCUT2D eigenvalue weighted by atomic mass is 10.1. The standard InChI is InChI=1S/C29H38N4O6/c1-21-28(29(35)31-11-6-13-33-14-17-37-18-15-33)23-19-22(9-10-24(23)32(21)2)39-20-27(34)30-12-16-38-26-8-5-4-7-25(26)36-3/h4-5,7-10,19H,6,11-18,20H2,1-3H3,(H,30,34)(H,31,35). The zero-order valence-electron chi connectivity index (χ0n) is 23.0. The van der Waals surface area contributed by atoms with Gasteiger partial charge in [-0.15, -0.1) is 0 Å². The first kappa shape index (κ1) is 28.3. The summed E-state index contributed by atoms with van der Waals surface area (Å²) in [4.78, 5) is 27.8. The third kappa shape index (κ3) is 7.42. The minimum atomic E-state index is -0.263. The summed E-state index contributed by atoms with van der Waals surface area (Å²) in [5, 5.41) is 6.65. The molecule has 2 heterocycles. The summed E-state index contributed by atoms with van der Waals surface area (Å²) >= 11 is 0. The van der Waals surface area contributed by atoms with Crippen molar-refractivity contribution in [3.05, 3.63) is 53.7 Å². The van der Waals surface area contributed by atoms with Gasteiger partial charge in [-0.25, -0.2) is 0 Å². The van der Waals surface area contributed by atoms with Crippen LogP contribution in [-0.4, -0.2) is 87.5 Å². The highest BCUT2D eigenvalue weighted by Crippen LogP contribution is 2.29. The predicted octanol–water partition coefficient (Wildman–Crippen LogP) is 2.52. The van der Waals surface area contributed by atoms with Gasteiger partial charge in [0.2, 0.25) is 0 Å². The van der Waals surface area contributed by atoms with Crippen LogP contribution < -0.4 is 24.8 Å². The van der Waals surface area contributed by atoms with E-state index in [1.54, 1.807) is 7.11 Å². The van der Waals surface area contributed by atoms with Crippen LogP contribution in [0, 0.1) is 6.92 Å². The van der Waals surface area contributed by atoms with Gasteiger partial charge in [0.25, 0.3) is 11.8 Å². The second-order valence-electron chi connectivity index (χ2n) is 9.40. The first-order chi connectivity index (χ1) is 19.0. The lowest BCUT2D eigenvalue weighted by molar-refractivity contribution is -0.123. The van der Waals surface area contributed by atoms with Crippen molar-refractivity contribution in [1.82, 2.24) is 20.1 Å². The first-order valence-corrected chi connectivity index (χ1v) is 13.3. The second-order valence-corrected chi connectivity index (χ2v) is 9.40. The maximum absolute atomic E-state index is 13.1. The average Bonchev–Trinajstić information content (AvgIpc) is 3.21. The van der Waals surface area contributed by atoms with Crippen molar-refractivity contribution < 1.29 is 28.5 Å². The van der Waals surface area contributed by atoms with Crippen LogP contribution in [0.4, 0.5) is 0 Å². The van der Waals surface area contributed by atoms with Gasteiger partial charge in [0.1, 0.15) is 12.4 Å². The van der Waals surface area contributed by atoms with Gasteiger partial charge >= 0.3 is 0 Å². The molecule has 0 spiro atoms. The monoisotopic (exact) mass is 538 g/mol. The minimum absolute atomic E-state index is 0.106. The van der Waals surface area contributed by atoms with Crippen LogP contribution in [0.3, 0.4) is 0 Å². The highest BCUT2D eigenvalue weighted by molar-refractivity contribution is 6.08. The van der Waals surface area contributed by atoms with E-state index in [9.17, 15) is 9.59 Å². The van der Waals surface area contributed by atoms with Crippen LogP contribution in [0.2, 0.25) is 0 Å². The number of carbonyl (C=O) groups excluding carboxylic acids is 2. The fourth-order valence-corrected chi connectivity index (χ4v) is 4.63. The lowest BCUT2D eigenvalue weighted by Crippen LogP contribution is -2.38. The van der Waals surface area contributed by atoms with E-state index in [-0.39, 0.29) is 18.4 Å². The summed E-state index contributed by atoms with van der Waals surface area (Å²) in [6.07, 6.45) is 0.878. The number of carbonyl (C=O) groups is 2. The van der Waals surface area contributed by atoms with Crippen molar-refractivity contribution in [2.24, 2.45) is 7.05 Å². The Balaban J connectivity index is 1.27. The number of hydrogen-bond acceptors (Lipinski definition) is 7. The van der Waals surface area contributed by atoms with E-state index < -0.39 is 0 Å². The molecule has 1 aliphatic rings. The van der Waals surface area contributed by atoms with Crippen molar-refractivity contribution in [1.29, 1.82) is 0 Å². The number of ether oxygens (including phenoxy) is 4. The minimum Gasteiger partial charge on any atom is -0.493 e. The number of benzene rings is 2. The van der Waals surface area contributed by atoms with Crippen LogP contribution in [0.5, 0.6) is 17.2 Å². The summed E-state index contributed by atoms with van der Waals surface area (Å²) in [6, 6.07) is 12.9. The first-order valence-electron chi connectivity index (χ1n) is 13.3. The molecule has 0 unspecified atom stereocenters. The molecular weight excluding hydrogens is 500 g/mol. The number of morpholine rings is 1. The Labute approximate surface area is 229 Å². The number of hydrogen-bond donors (Lipinski definition) is 2. The average molecular weight is 539 g/mol. The molecule has 2 aromatic carbocycles. The summed E-state index contributed by atoms with van der Waals surface area (Å²) in [6.45, 7) is 7.37. The third-order valence-corrected chi connectivity index (χ3v) is 6.85. The summed E-state index contributed by atoms with van der Waals surface area (Å²) in [5.74, 6) is 1.41. The van der Waals surface area contributed by atoms with Gasteiger partial charge < -0.3 is 34.1 Å². The molecule has 2 N–H and O–H groups in total. The number of fused-ring (bicyclic) bond motifs is 1. The van der Waals surface area contributed by atoms with E-state index in [0.29, 0.717) is 42.5 Å². The molecule has 1 fully saturated rings. The number of aromatic nitrogens is 1. The molecule has 0 radical (unpaired) electrons. The maximum Gasteiger partial charge on any atom is 0.258 e. The molecule has 2 amide bonds. The number of nitrogens with zero attached hydrogens (tertiary/aromatic N) is 2. The van der Waals surface area contributed by atoms with Crippen LogP contribution in [0.25, 0.3) is 10.9 Å². The van der Waals surface area contributed by atoms with Crippen molar-refractivity contribution in [3.8, 4) is 17.2 Å². The molecular formula is C29H38N4O6. The number of nitrogens with one attached hydrogen (secondary N) is 2. The molecule has 39 heavy (non-hydrogen) atoms. The largest absolute Gasteiger partial charge is 0.493 e. The molecule has 0 bridgehead atoms. The van der Waals surface area contributed by atoms with Crippen molar-refractivity contribution in [2.75, 3.05) is 66.3 Å². The fraction of sp³-hybridized carbons (Fsp3) is 0.448. The Kier molecular flexibility index (Phi) is 10.0. The molecule has 210 valence electrons. The SMILES string of the molecule is COc1ccccc1OCCNC(=O)COc1ccc2c(c1)c(C(=O)NCCCN1CCOCC1)c(C)n2C. The zero-order valence-corrected chi connectivity index (χ0v) is 23.0. The van der Waals surface area contributed by atoms with Gasteiger partial charge in [0, 0.05) is 43.3 Å². The van der Waals surface area contributed by atoms with Crippen LogP contribution in [-0.2, 0) is 16.6 Å². The summed E-state index contributed by atoms with van der Waals surface area (Å²) in [7, 11) is 3.52. The van der Waals surface area contributed by atoms with Crippen LogP contribution >= 0.6 is 0 Å². The third-order valence-electron chi connectivity index (χ3n) is 6.85. The van der Waals surface area contributed by atoms with Gasteiger partial charge in [-0.2, -0.15) is 0 Å². The molecule has 0 atom stereocenters. The van der Waals surface area contributed by atoms with E-state index in [1.165, 1.54) is 0 Å². The van der Waals surface area contributed by atoms with Crippen molar-refractivity contribution in [3.63, 3.8) is 0 Å². The molecule has 0 aliphatic carbocycles. The predicted molar refractivity (Wildman–Crippen MR) is 149 cm³/mol. The second kappa shape index (κ2) is 13.9. The van der Waals surface area contributed by atoms with E-state index in [2.05, 4.69) is 15.5 Å². The molecule has 1 aliphatic heterocycles. The van der Waals surface area contributed by atoms with Gasteiger partial charge in [0.05, 0.1) is 32.4 Å². The van der Waals surface area contributed by atoms with E-state index in [4.69, 9.17) is 18.9 Å². The number of amides is 2. The highest BCUT2D eigenvalue weighted by Gasteiger charge is 2.19. The molecule has 3 aromatic rings. The maximum atomic E-state index is 13.1. The Morgan fingerprint density at radius 2 is 1.77 bits per heavy atom.